The normalized spacial score (nSPS) is 12.1. The van der Waals surface area contributed by atoms with E-state index in [0.29, 0.717) is 11.6 Å². The van der Waals surface area contributed by atoms with E-state index in [1.165, 1.54) is 0 Å². The van der Waals surface area contributed by atoms with Gasteiger partial charge in [-0.05, 0) is 54.4 Å². The van der Waals surface area contributed by atoms with Crippen LogP contribution in [0.1, 0.15) is 19.4 Å². The number of carbonyl (C=O) groups is 1. The summed E-state index contributed by atoms with van der Waals surface area (Å²) in [4.78, 5) is 11.5. The summed E-state index contributed by atoms with van der Waals surface area (Å²) < 4.78 is 5.79. The second-order valence-electron chi connectivity index (χ2n) is 3.70. The largest absolute Gasteiger partial charge is 0.464 e. The molecule has 1 N–H and O–H groups in total. The van der Waals surface area contributed by atoms with Crippen LogP contribution in [-0.4, -0.2) is 18.6 Å². The summed E-state index contributed by atoms with van der Waals surface area (Å²) in [5.41, 5.74) is 1.76. The SMILES string of the molecule is CCOC(=O)C(C)Nc1cc(Cl)c(C)cc1Br. The summed E-state index contributed by atoms with van der Waals surface area (Å²) in [6.07, 6.45) is 0. The summed E-state index contributed by atoms with van der Waals surface area (Å²) in [7, 11) is 0. The third kappa shape index (κ3) is 3.89. The molecule has 1 aromatic rings. The Morgan fingerprint density at radius 2 is 2.24 bits per heavy atom. The highest BCUT2D eigenvalue weighted by atomic mass is 79.9. The molecule has 17 heavy (non-hydrogen) atoms. The third-order valence-corrected chi connectivity index (χ3v) is 3.32. The molecule has 0 aliphatic carbocycles. The molecule has 0 amide bonds. The van der Waals surface area contributed by atoms with Crippen LogP contribution in [0.5, 0.6) is 0 Å². The van der Waals surface area contributed by atoms with Crippen molar-refractivity contribution in [3.05, 3.63) is 27.2 Å². The minimum absolute atomic E-state index is 0.281. The lowest BCUT2D eigenvalue weighted by Crippen LogP contribution is -2.28. The number of carbonyl (C=O) groups excluding carboxylic acids is 1. The van der Waals surface area contributed by atoms with Crippen molar-refractivity contribution in [1.82, 2.24) is 0 Å². The fourth-order valence-corrected chi connectivity index (χ4v) is 2.05. The van der Waals surface area contributed by atoms with Crippen LogP contribution in [0.25, 0.3) is 0 Å². The first-order valence-electron chi connectivity index (χ1n) is 5.34. The maximum atomic E-state index is 11.5. The first kappa shape index (κ1) is 14.3. The summed E-state index contributed by atoms with van der Waals surface area (Å²) in [5, 5.41) is 3.72. The number of hydrogen-bond donors (Lipinski definition) is 1. The molecule has 1 unspecified atom stereocenters. The number of halogens is 2. The molecule has 0 aliphatic heterocycles. The molecule has 0 heterocycles. The van der Waals surface area contributed by atoms with Gasteiger partial charge in [0, 0.05) is 9.50 Å². The van der Waals surface area contributed by atoms with Crippen molar-refractivity contribution in [2.75, 3.05) is 11.9 Å². The Hall–Kier alpha value is -0.740. The molecular weight excluding hydrogens is 305 g/mol. The first-order chi connectivity index (χ1) is 7.95. The fourth-order valence-electron chi connectivity index (χ4n) is 1.32. The molecule has 0 aromatic heterocycles. The van der Waals surface area contributed by atoms with Gasteiger partial charge in [0.2, 0.25) is 0 Å². The highest BCUT2D eigenvalue weighted by Gasteiger charge is 2.15. The molecule has 0 saturated carbocycles. The van der Waals surface area contributed by atoms with E-state index in [1.807, 2.05) is 13.0 Å². The number of anilines is 1. The van der Waals surface area contributed by atoms with Crippen molar-refractivity contribution in [2.24, 2.45) is 0 Å². The molecule has 0 radical (unpaired) electrons. The summed E-state index contributed by atoms with van der Waals surface area (Å²) in [6, 6.07) is 3.28. The number of ether oxygens (including phenoxy) is 1. The number of rotatable bonds is 4. The van der Waals surface area contributed by atoms with E-state index in [2.05, 4.69) is 21.2 Å². The van der Waals surface area contributed by atoms with Crippen LogP contribution in [-0.2, 0) is 9.53 Å². The standard InChI is InChI=1S/C12H15BrClNO2/c1-4-17-12(16)8(3)15-11-6-10(14)7(2)5-9(11)13/h5-6,8,15H,4H2,1-3H3. The van der Waals surface area contributed by atoms with E-state index in [0.717, 1.165) is 15.7 Å². The van der Waals surface area contributed by atoms with Crippen LogP contribution in [0, 0.1) is 6.92 Å². The molecule has 0 bridgehead atoms. The average molecular weight is 321 g/mol. The Kier molecular flexibility index (Phi) is 5.28. The van der Waals surface area contributed by atoms with E-state index in [1.54, 1.807) is 19.9 Å². The predicted octanol–water partition coefficient (Wildman–Crippen LogP) is 3.77. The lowest BCUT2D eigenvalue weighted by Gasteiger charge is -2.16. The molecule has 0 aliphatic rings. The smallest absolute Gasteiger partial charge is 0.328 e. The van der Waals surface area contributed by atoms with Crippen molar-refractivity contribution >= 4 is 39.2 Å². The third-order valence-electron chi connectivity index (χ3n) is 2.26. The monoisotopic (exact) mass is 319 g/mol. The maximum Gasteiger partial charge on any atom is 0.328 e. The van der Waals surface area contributed by atoms with Gasteiger partial charge in [-0.2, -0.15) is 0 Å². The highest BCUT2D eigenvalue weighted by molar-refractivity contribution is 9.10. The van der Waals surface area contributed by atoms with Crippen LogP contribution in [0.15, 0.2) is 16.6 Å². The molecule has 0 fully saturated rings. The Labute approximate surface area is 115 Å². The Morgan fingerprint density at radius 1 is 1.59 bits per heavy atom. The van der Waals surface area contributed by atoms with Crippen LogP contribution < -0.4 is 5.32 Å². The second-order valence-corrected chi connectivity index (χ2v) is 4.96. The zero-order chi connectivity index (χ0) is 13.0. The quantitative estimate of drug-likeness (QED) is 0.858. The van der Waals surface area contributed by atoms with Gasteiger partial charge in [0.25, 0.3) is 0 Å². The molecule has 1 rings (SSSR count). The zero-order valence-electron chi connectivity index (χ0n) is 10.0. The van der Waals surface area contributed by atoms with Gasteiger partial charge in [0.1, 0.15) is 6.04 Å². The topological polar surface area (TPSA) is 38.3 Å². The van der Waals surface area contributed by atoms with Gasteiger partial charge in [0.15, 0.2) is 0 Å². The first-order valence-corrected chi connectivity index (χ1v) is 6.51. The van der Waals surface area contributed by atoms with Crippen LogP contribution >= 0.6 is 27.5 Å². The lowest BCUT2D eigenvalue weighted by molar-refractivity contribution is -0.143. The van der Waals surface area contributed by atoms with Gasteiger partial charge in [-0.15, -0.1) is 0 Å². The fraction of sp³-hybridized carbons (Fsp3) is 0.417. The molecular formula is C12H15BrClNO2. The Morgan fingerprint density at radius 3 is 2.82 bits per heavy atom. The number of hydrogen-bond acceptors (Lipinski definition) is 3. The van der Waals surface area contributed by atoms with E-state index in [-0.39, 0.29) is 5.97 Å². The van der Waals surface area contributed by atoms with Gasteiger partial charge in [-0.25, -0.2) is 4.79 Å². The van der Waals surface area contributed by atoms with Crippen molar-refractivity contribution in [1.29, 1.82) is 0 Å². The summed E-state index contributed by atoms with van der Waals surface area (Å²) in [6.45, 7) is 5.83. The summed E-state index contributed by atoms with van der Waals surface area (Å²) in [5.74, 6) is -0.281. The average Bonchev–Trinajstić information content (AvgIpc) is 2.26. The van der Waals surface area contributed by atoms with E-state index in [9.17, 15) is 4.79 Å². The minimum atomic E-state index is -0.412. The van der Waals surface area contributed by atoms with Crippen molar-refractivity contribution < 1.29 is 9.53 Å². The maximum absolute atomic E-state index is 11.5. The molecule has 0 spiro atoms. The van der Waals surface area contributed by atoms with Gasteiger partial charge >= 0.3 is 5.97 Å². The molecule has 3 nitrogen and oxygen atoms in total. The number of nitrogens with one attached hydrogen (secondary N) is 1. The predicted molar refractivity (Wildman–Crippen MR) is 73.6 cm³/mol. The highest BCUT2D eigenvalue weighted by Crippen LogP contribution is 2.29. The van der Waals surface area contributed by atoms with E-state index >= 15 is 0 Å². The van der Waals surface area contributed by atoms with Crippen molar-refractivity contribution in [3.63, 3.8) is 0 Å². The number of benzene rings is 1. The van der Waals surface area contributed by atoms with Crippen LogP contribution in [0.2, 0.25) is 5.02 Å². The molecule has 5 heteroatoms. The van der Waals surface area contributed by atoms with Crippen LogP contribution in [0.3, 0.4) is 0 Å². The molecule has 1 aromatic carbocycles. The van der Waals surface area contributed by atoms with Crippen molar-refractivity contribution in [3.8, 4) is 0 Å². The van der Waals surface area contributed by atoms with E-state index in [4.69, 9.17) is 16.3 Å². The summed E-state index contributed by atoms with van der Waals surface area (Å²) >= 11 is 9.46. The van der Waals surface area contributed by atoms with Gasteiger partial charge < -0.3 is 10.1 Å². The van der Waals surface area contributed by atoms with Gasteiger partial charge in [-0.1, -0.05) is 11.6 Å². The lowest BCUT2D eigenvalue weighted by atomic mass is 10.2. The zero-order valence-corrected chi connectivity index (χ0v) is 12.4. The van der Waals surface area contributed by atoms with Crippen molar-refractivity contribution in [2.45, 2.75) is 26.8 Å². The Balaban J connectivity index is 2.81. The van der Waals surface area contributed by atoms with Gasteiger partial charge in [-0.3, -0.25) is 0 Å². The number of esters is 1. The van der Waals surface area contributed by atoms with Gasteiger partial charge in [0.05, 0.1) is 12.3 Å². The molecule has 94 valence electrons. The molecule has 1 atom stereocenters. The van der Waals surface area contributed by atoms with Crippen LogP contribution in [0.4, 0.5) is 5.69 Å². The molecule has 0 saturated heterocycles. The minimum Gasteiger partial charge on any atom is -0.464 e. The van der Waals surface area contributed by atoms with E-state index < -0.39 is 6.04 Å². The second kappa shape index (κ2) is 6.26. The number of aryl methyl sites for hydroxylation is 1. The Bertz CT molecular complexity index is 423.